The Hall–Kier alpha value is -3.45. The van der Waals surface area contributed by atoms with Crippen molar-refractivity contribution in [2.75, 3.05) is 29.9 Å². The SMILES string of the molecule is Cn1cc(NC(=O)c2ccc3cnc(N4C[C@@H]5CN[C@@H](C5)C4)nn23)c(C#N)n1. The Kier molecular flexibility index (Phi) is 3.77. The largest absolute Gasteiger partial charge is 0.338 e. The molecule has 0 saturated carbocycles. The number of anilines is 2. The number of rotatable bonds is 3. The molecule has 2 N–H and O–H groups in total. The molecule has 1 amide bonds. The number of aromatic nitrogens is 5. The average molecular weight is 377 g/mol. The monoisotopic (exact) mass is 377 g/mol. The maximum Gasteiger partial charge on any atom is 0.274 e. The van der Waals surface area contributed by atoms with Crippen molar-refractivity contribution in [1.82, 2.24) is 29.7 Å². The molecule has 0 radical (unpaired) electrons. The van der Waals surface area contributed by atoms with E-state index in [0.717, 1.165) is 25.2 Å². The highest BCUT2D eigenvalue weighted by Crippen LogP contribution is 2.25. The molecular formula is C18H19N9O. The Morgan fingerprint density at radius 1 is 1.36 bits per heavy atom. The number of nitriles is 1. The second-order valence-corrected chi connectivity index (χ2v) is 7.36. The van der Waals surface area contributed by atoms with Crippen molar-refractivity contribution in [2.24, 2.45) is 13.0 Å². The van der Waals surface area contributed by atoms with Gasteiger partial charge in [0, 0.05) is 38.9 Å². The first-order chi connectivity index (χ1) is 13.6. The minimum absolute atomic E-state index is 0.170. The molecule has 10 heteroatoms. The molecule has 5 heterocycles. The van der Waals surface area contributed by atoms with Gasteiger partial charge < -0.3 is 15.5 Å². The molecule has 0 aromatic carbocycles. The number of aryl methyl sites for hydroxylation is 1. The molecule has 5 rings (SSSR count). The Bertz CT molecular complexity index is 1100. The summed E-state index contributed by atoms with van der Waals surface area (Å²) in [7, 11) is 1.70. The van der Waals surface area contributed by atoms with E-state index in [9.17, 15) is 4.79 Å². The first kappa shape index (κ1) is 16.7. The van der Waals surface area contributed by atoms with E-state index in [1.54, 1.807) is 36.1 Å². The number of carbonyl (C=O) groups is 1. The highest BCUT2D eigenvalue weighted by Gasteiger charge is 2.33. The first-order valence-electron chi connectivity index (χ1n) is 9.19. The lowest BCUT2D eigenvalue weighted by atomic mass is 10.0. The lowest BCUT2D eigenvalue weighted by Gasteiger charge is -2.30. The summed E-state index contributed by atoms with van der Waals surface area (Å²) in [4.78, 5) is 19.5. The van der Waals surface area contributed by atoms with Crippen LogP contribution in [0.5, 0.6) is 0 Å². The highest BCUT2D eigenvalue weighted by atomic mass is 16.2. The van der Waals surface area contributed by atoms with Crippen LogP contribution in [0.15, 0.2) is 24.5 Å². The lowest BCUT2D eigenvalue weighted by Crippen LogP contribution is -2.42. The summed E-state index contributed by atoms with van der Waals surface area (Å²) in [6.45, 7) is 2.82. The van der Waals surface area contributed by atoms with Crippen LogP contribution in [0.3, 0.4) is 0 Å². The first-order valence-corrected chi connectivity index (χ1v) is 9.19. The van der Waals surface area contributed by atoms with Crippen molar-refractivity contribution < 1.29 is 4.79 Å². The van der Waals surface area contributed by atoms with Crippen molar-refractivity contribution in [3.8, 4) is 6.07 Å². The lowest BCUT2D eigenvalue weighted by molar-refractivity contribution is 0.102. The summed E-state index contributed by atoms with van der Waals surface area (Å²) in [6.07, 6.45) is 4.53. The number of hydrogen-bond donors (Lipinski definition) is 2. The molecule has 2 fully saturated rings. The fourth-order valence-corrected chi connectivity index (χ4v) is 4.05. The van der Waals surface area contributed by atoms with E-state index in [0.29, 0.717) is 29.3 Å². The molecule has 2 atom stereocenters. The van der Waals surface area contributed by atoms with Crippen molar-refractivity contribution in [3.63, 3.8) is 0 Å². The summed E-state index contributed by atoms with van der Waals surface area (Å²) in [5, 5.41) is 24.1. The molecule has 3 aromatic heterocycles. The predicted molar refractivity (Wildman–Crippen MR) is 101 cm³/mol. The van der Waals surface area contributed by atoms with Gasteiger partial charge in [-0.25, -0.2) is 9.50 Å². The van der Waals surface area contributed by atoms with E-state index < -0.39 is 0 Å². The third-order valence-electron chi connectivity index (χ3n) is 5.32. The third kappa shape index (κ3) is 2.76. The van der Waals surface area contributed by atoms with Crippen LogP contribution in [0.2, 0.25) is 0 Å². The number of hydrogen-bond acceptors (Lipinski definition) is 7. The smallest absolute Gasteiger partial charge is 0.274 e. The summed E-state index contributed by atoms with van der Waals surface area (Å²) in [5.41, 5.74) is 1.66. The van der Waals surface area contributed by atoms with E-state index in [1.165, 1.54) is 11.1 Å². The van der Waals surface area contributed by atoms with Gasteiger partial charge in [-0.1, -0.05) is 0 Å². The number of nitrogens with zero attached hydrogens (tertiary/aromatic N) is 7. The van der Waals surface area contributed by atoms with E-state index in [2.05, 4.69) is 30.7 Å². The van der Waals surface area contributed by atoms with Crippen LogP contribution < -0.4 is 15.5 Å². The fourth-order valence-electron chi connectivity index (χ4n) is 4.05. The predicted octanol–water partition coefficient (Wildman–Crippen LogP) is 0.385. The van der Waals surface area contributed by atoms with Crippen LogP contribution in [0.4, 0.5) is 11.6 Å². The molecular weight excluding hydrogens is 358 g/mol. The summed E-state index contributed by atoms with van der Waals surface area (Å²) in [6, 6.07) is 5.95. The van der Waals surface area contributed by atoms with Gasteiger partial charge >= 0.3 is 0 Å². The van der Waals surface area contributed by atoms with E-state index in [-0.39, 0.29) is 11.6 Å². The molecule has 2 saturated heterocycles. The van der Waals surface area contributed by atoms with Crippen LogP contribution >= 0.6 is 0 Å². The zero-order valence-electron chi connectivity index (χ0n) is 15.3. The average Bonchev–Trinajstić information content (AvgIpc) is 3.37. The second-order valence-electron chi connectivity index (χ2n) is 7.36. The van der Waals surface area contributed by atoms with Gasteiger partial charge in [0.05, 0.1) is 17.4 Å². The van der Waals surface area contributed by atoms with Gasteiger partial charge in [-0.05, 0) is 24.5 Å². The molecule has 142 valence electrons. The number of carbonyl (C=O) groups excluding carboxylic acids is 1. The number of fused-ring (bicyclic) bond motifs is 3. The molecule has 10 nitrogen and oxygen atoms in total. The fraction of sp³-hybridized carbons (Fsp3) is 0.389. The molecule has 0 spiro atoms. The quantitative estimate of drug-likeness (QED) is 0.678. The topological polar surface area (TPSA) is 116 Å². The van der Waals surface area contributed by atoms with Crippen molar-refractivity contribution >= 4 is 23.1 Å². The van der Waals surface area contributed by atoms with Gasteiger partial charge in [-0.15, -0.1) is 5.10 Å². The molecule has 2 aliphatic heterocycles. The Balaban J connectivity index is 1.45. The van der Waals surface area contributed by atoms with Crippen molar-refractivity contribution in [2.45, 2.75) is 12.5 Å². The number of piperidine rings is 1. The molecule has 3 aromatic rings. The van der Waals surface area contributed by atoms with Gasteiger partial charge in [0.25, 0.3) is 5.91 Å². The standard InChI is InChI=1S/C18H19N9O/c1-25-10-15(14(5-19)23-25)22-17(28)16-3-2-13-7-21-18(24-27(13)16)26-8-11-4-12(9-26)20-6-11/h2-3,7,10-12,20H,4,6,8-9H2,1H3,(H,22,28)/t11-,12-/m0/s1. The van der Waals surface area contributed by atoms with Crippen molar-refractivity contribution in [1.29, 1.82) is 5.26 Å². The van der Waals surface area contributed by atoms with Crippen LogP contribution in [-0.2, 0) is 7.05 Å². The van der Waals surface area contributed by atoms with Gasteiger partial charge in [-0.3, -0.25) is 9.48 Å². The van der Waals surface area contributed by atoms with Crippen molar-refractivity contribution in [3.05, 3.63) is 35.9 Å². The summed E-state index contributed by atoms with van der Waals surface area (Å²) in [5.74, 6) is 0.880. The third-order valence-corrected chi connectivity index (χ3v) is 5.32. The normalized spacial score (nSPS) is 21.1. The van der Waals surface area contributed by atoms with E-state index in [1.807, 2.05) is 6.07 Å². The van der Waals surface area contributed by atoms with Crippen LogP contribution in [0, 0.1) is 17.2 Å². The Morgan fingerprint density at radius 2 is 2.25 bits per heavy atom. The van der Waals surface area contributed by atoms with Gasteiger partial charge in [-0.2, -0.15) is 10.4 Å². The molecule has 2 aliphatic rings. The molecule has 28 heavy (non-hydrogen) atoms. The van der Waals surface area contributed by atoms with E-state index >= 15 is 0 Å². The van der Waals surface area contributed by atoms with Gasteiger partial charge in [0.1, 0.15) is 11.8 Å². The summed E-state index contributed by atoms with van der Waals surface area (Å²) < 4.78 is 3.09. The summed E-state index contributed by atoms with van der Waals surface area (Å²) >= 11 is 0. The second kappa shape index (κ2) is 6.31. The minimum Gasteiger partial charge on any atom is -0.338 e. The van der Waals surface area contributed by atoms with Crippen LogP contribution in [-0.4, -0.2) is 56.0 Å². The number of nitrogens with one attached hydrogen (secondary N) is 2. The van der Waals surface area contributed by atoms with Gasteiger partial charge in [0.15, 0.2) is 5.69 Å². The number of amides is 1. The van der Waals surface area contributed by atoms with E-state index in [4.69, 9.17) is 5.26 Å². The Labute approximate surface area is 160 Å². The maximum absolute atomic E-state index is 12.8. The maximum atomic E-state index is 12.8. The minimum atomic E-state index is -0.352. The Morgan fingerprint density at radius 3 is 3.07 bits per heavy atom. The highest BCUT2D eigenvalue weighted by molar-refractivity contribution is 6.04. The zero-order valence-corrected chi connectivity index (χ0v) is 15.3. The molecule has 0 unspecified atom stereocenters. The van der Waals surface area contributed by atoms with Crippen LogP contribution in [0.25, 0.3) is 5.52 Å². The van der Waals surface area contributed by atoms with Gasteiger partial charge in [0.2, 0.25) is 5.95 Å². The zero-order chi connectivity index (χ0) is 19.3. The van der Waals surface area contributed by atoms with Crippen LogP contribution in [0.1, 0.15) is 22.6 Å². The molecule has 2 bridgehead atoms. The molecule has 0 aliphatic carbocycles.